The van der Waals surface area contributed by atoms with Crippen LogP contribution in [-0.2, 0) is 38.1 Å². The normalized spacial score (nSPS) is 12.6. The fourth-order valence-corrected chi connectivity index (χ4v) is 1.60. The van der Waals surface area contributed by atoms with Gasteiger partial charge in [0.05, 0.1) is 0 Å². The van der Waals surface area contributed by atoms with Gasteiger partial charge in [-0.3, -0.25) is 0 Å². The predicted octanol–water partition coefficient (Wildman–Crippen LogP) is 2.42. The van der Waals surface area contributed by atoms with Gasteiger partial charge in [0.15, 0.2) is 0 Å². The van der Waals surface area contributed by atoms with E-state index >= 15 is 0 Å². The second-order valence-corrected chi connectivity index (χ2v) is 6.03. The van der Waals surface area contributed by atoms with E-state index in [0.29, 0.717) is 12.8 Å². The lowest BCUT2D eigenvalue weighted by Crippen LogP contribution is -2.25. The second-order valence-electron chi connectivity index (χ2n) is 6.03. The van der Waals surface area contributed by atoms with Crippen molar-refractivity contribution in [2.45, 2.75) is 52.7 Å². The summed E-state index contributed by atoms with van der Waals surface area (Å²) in [6, 6.07) is 0. The topological polar surface area (TPSA) is 105 Å². The molecule has 0 saturated heterocycles. The molecule has 0 aromatic rings. The van der Waals surface area contributed by atoms with E-state index in [-0.39, 0.29) is 24.4 Å². The summed E-state index contributed by atoms with van der Waals surface area (Å²) in [5.41, 5.74) is 0.478. The third-order valence-corrected chi connectivity index (χ3v) is 3.33. The SMILES string of the molecule is C=C(C)C(=O)OCC(CC)OC(=O)/C=C\C(=O)OC(CC)COC(=O)C(=C)C. The Bertz CT molecular complexity index is 578. The minimum atomic E-state index is -0.781. The Balaban J connectivity index is 4.46. The summed E-state index contributed by atoms with van der Waals surface area (Å²) in [4.78, 5) is 46.3. The van der Waals surface area contributed by atoms with Crippen molar-refractivity contribution in [3.8, 4) is 0 Å². The van der Waals surface area contributed by atoms with Gasteiger partial charge in [0, 0.05) is 23.3 Å². The van der Waals surface area contributed by atoms with Crippen molar-refractivity contribution < 1.29 is 38.1 Å². The molecule has 0 aromatic carbocycles. The highest BCUT2D eigenvalue weighted by Crippen LogP contribution is 2.05. The van der Waals surface area contributed by atoms with Crippen molar-refractivity contribution in [3.05, 3.63) is 36.5 Å². The van der Waals surface area contributed by atoms with Crippen LogP contribution in [0.15, 0.2) is 36.5 Å². The number of carbonyl (C=O) groups is 4. The molecule has 28 heavy (non-hydrogen) atoms. The summed E-state index contributed by atoms with van der Waals surface area (Å²) >= 11 is 0. The Labute approximate surface area is 165 Å². The van der Waals surface area contributed by atoms with Crippen molar-refractivity contribution >= 4 is 23.9 Å². The van der Waals surface area contributed by atoms with E-state index in [1.165, 1.54) is 13.8 Å². The molecule has 0 fully saturated rings. The fraction of sp³-hybridized carbons (Fsp3) is 0.500. The van der Waals surface area contributed by atoms with Crippen LogP contribution in [0.2, 0.25) is 0 Å². The van der Waals surface area contributed by atoms with Gasteiger partial charge in [0.2, 0.25) is 0 Å². The summed E-state index contributed by atoms with van der Waals surface area (Å²) in [7, 11) is 0. The summed E-state index contributed by atoms with van der Waals surface area (Å²) in [5, 5.41) is 0. The molecule has 0 amide bonds. The molecule has 8 nitrogen and oxygen atoms in total. The molecule has 8 heteroatoms. The predicted molar refractivity (Wildman–Crippen MR) is 101 cm³/mol. The Morgan fingerprint density at radius 2 is 1.07 bits per heavy atom. The van der Waals surface area contributed by atoms with Crippen molar-refractivity contribution in [1.82, 2.24) is 0 Å². The van der Waals surface area contributed by atoms with Gasteiger partial charge in [-0.1, -0.05) is 27.0 Å². The van der Waals surface area contributed by atoms with Crippen LogP contribution in [0.3, 0.4) is 0 Å². The van der Waals surface area contributed by atoms with Crippen LogP contribution in [-0.4, -0.2) is 49.3 Å². The van der Waals surface area contributed by atoms with Crippen LogP contribution in [0.5, 0.6) is 0 Å². The van der Waals surface area contributed by atoms with Gasteiger partial charge in [0.1, 0.15) is 25.4 Å². The zero-order chi connectivity index (χ0) is 21.7. The first-order valence-electron chi connectivity index (χ1n) is 8.85. The van der Waals surface area contributed by atoms with Crippen LogP contribution >= 0.6 is 0 Å². The molecular weight excluding hydrogens is 368 g/mol. The van der Waals surface area contributed by atoms with Crippen molar-refractivity contribution in [3.63, 3.8) is 0 Å². The molecule has 0 aromatic heterocycles. The van der Waals surface area contributed by atoms with E-state index in [1.807, 2.05) is 0 Å². The monoisotopic (exact) mass is 396 g/mol. The quantitative estimate of drug-likeness (QED) is 0.281. The number of hydrogen-bond donors (Lipinski definition) is 0. The van der Waals surface area contributed by atoms with Gasteiger partial charge in [-0.05, 0) is 26.7 Å². The Hall–Kier alpha value is -2.90. The average Bonchev–Trinajstić information content (AvgIpc) is 2.65. The highest BCUT2D eigenvalue weighted by Gasteiger charge is 2.16. The zero-order valence-corrected chi connectivity index (χ0v) is 16.8. The molecule has 0 aliphatic carbocycles. The Kier molecular flexibility index (Phi) is 11.9. The van der Waals surface area contributed by atoms with Crippen LogP contribution in [0.1, 0.15) is 40.5 Å². The molecule has 0 N–H and O–H groups in total. The molecule has 0 aliphatic heterocycles. The molecule has 0 saturated carbocycles. The lowest BCUT2D eigenvalue weighted by molar-refractivity contribution is -0.154. The number of rotatable bonds is 12. The van der Waals surface area contributed by atoms with E-state index in [0.717, 1.165) is 12.2 Å². The first kappa shape index (κ1) is 25.1. The Morgan fingerprint density at radius 1 is 0.750 bits per heavy atom. The highest BCUT2D eigenvalue weighted by molar-refractivity contribution is 5.92. The fourth-order valence-electron chi connectivity index (χ4n) is 1.60. The van der Waals surface area contributed by atoms with Crippen LogP contribution in [0.4, 0.5) is 0 Å². The Morgan fingerprint density at radius 3 is 1.32 bits per heavy atom. The van der Waals surface area contributed by atoms with E-state index in [1.54, 1.807) is 13.8 Å². The molecule has 0 bridgehead atoms. The van der Waals surface area contributed by atoms with Crippen LogP contribution < -0.4 is 0 Å². The highest BCUT2D eigenvalue weighted by atomic mass is 16.6. The van der Waals surface area contributed by atoms with E-state index < -0.39 is 36.1 Å². The van der Waals surface area contributed by atoms with Crippen molar-refractivity contribution in [1.29, 1.82) is 0 Å². The largest absolute Gasteiger partial charge is 0.458 e. The van der Waals surface area contributed by atoms with Gasteiger partial charge in [0.25, 0.3) is 0 Å². The smallest absolute Gasteiger partial charge is 0.333 e. The summed E-state index contributed by atoms with van der Waals surface area (Å²) < 4.78 is 20.1. The third-order valence-electron chi connectivity index (χ3n) is 3.33. The van der Waals surface area contributed by atoms with Crippen LogP contribution in [0.25, 0.3) is 0 Å². The van der Waals surface area contributed by atoms with Gasteiger partial charge >= 0.3 is 23.9 Å². The molecule has 0 rings (SSSR count). The van der Waals surface area contributed by atoms with Crippen molar-refractivity contribution in [2.24, 2.45) is 0 Å². The first-order chi connectivity index (χ1) is 13.1. The molecule has 2 atom stereocenters. The minimum Gasteiger partial charge on any atom is -0.458 e. The van der Waals surface area contributed by atoms with Crippen molar-refractivity contribution in [2.75, 3.05) is 13.2 Å². The minimum absolute atomic E-state index is 0.113. The number of hydrogen-bond acceptors (Lipinski definition) is 8. The lowest BCUT2D eigenvalue weighted by atomic mass is 10.3. The van der Waals surface area contributed by atoms with Gasteiger partial charge < -0.3 is 18.9 Å². The molecule has 0 spiro atoms. The number of esters is 4. The standard InChI is InChI=1S/C20H28O8/c1-7-15(11-25-19(23)13(3)4)27-17(21)9-10-18(22)28-16(8-2)12-26-20(24)14(5)6/h9-10,15-16H,3,5,7-8,11-12H2,1-2,4,6H3/b10-9-. The van der Waals surface area contributed by atoms with Crippen LogP contribution in [0, 0.1) is 0 Å². The van der Waals surface area contributed by atoms with E-state index in [4.69, 9.17) is 18.9 Å². The van der Waals surface area contributed by atoms with Gasteiger partial charge in [-0.15, -0.1) is 0 Å². The van der Waals surface area contributed by atoms with Gasteiger partial charge in [-0.2, -0.15) is 0 Å². The summed E-state index contributed by atoms with van der Waals surface area (Å²) in [6.45, 7) is 13.2. The molecule has 2 unspecified atom stereocenters. The molecule has 156 valence electrons. The summed E-state index contributed by atoms with van der Waals surface area (Å²) in [6.07, 6.45) is 1.36. The molecule has 0 aliphatic rings. The lowest BCUT2D eigenvalue weighted by Gasteiger charge is -2.16. The maximum Gasteiger partial charge on any atom is 0.333 e. The number of ether oxygens (including phenoxy) is 4. The molecule has 0 radical (unpaired) electrons. The summed E-state index contributed by atoms with van der Waals surface area (Å²) in [5.74, 6) is -2.72. The maximum absolute atomic E-state index is 11.8. The first-order valence-corrected chi connectivity index (χ1v) is 8.85. The van der Waals surface area contributed by atoms with E-state index in [2.05, 4.69) is 13.2 Å². The van der Waals surface area contributed by atoms with Gasteiger partial charge in [-0.25, -0.2) is 19.2 Å². The van der Waals surface area contributed by atoms with E-state index in [9.17, 15) is 19.2 Å². The second kappa shape index (κ2) is 13.3. The zero-order valence-electron chi connectivity index (χ0n) is 16.8. The maximum atomic E-state index is 11.8. The third kappa shape index (κ3) is 10.9. The molecule has 0 heterocycles. The number of carbonyl (C=O) groups excluding carboxylic acids is 4. The average molecular weight is 396 g/mol. The molecular formula is C20H28O8.